The normalized spacial score (nSPS) is 11.8. The molecule has 1 amide bonds. The number of anilines is 1. The van der Waals surface area contributed by atoms with Crippen LogP contribution in [0.4, 0.5) is 11.4 Å². The predicted molar refractivity (Wildman–Crippen MR) is 75.5 cm³/mol. The van der Waals surface area contributed by atoms with Crippen molar-refractivity contribution in [3.05, 3.63) is 33.9 Å². The van der Waals surface area contributed by atoms with Crippen LogP contribution in [-0.2, 0) is 11.4 Å². The fourth-order valence-electron chi connectivity index (χ4n) is 2.02. The molecule has 7 heteroatoms. The van der Waals surface area contributed by atoms with E-state index in [9.17, 15) is 20.0 Å². The fourth-order valence-corrected chi connectivity index (χ4v) is 2.02. The number of nitrogens with one attached hydrogen (secondary N) is 1. The lowest BCUT2D eigenvalue weighted by molar-refractivity contribution is -0.384. The molecule has 0 heterocycles. The molecule has 0 saturated carbocycles. The lowest BCUT2D eigenvalue weighted by Gasteiger charge is -2.24. The first kappa shape index (κ1) is 15.9. The summed E-state index contributed by atoms with van der Waals surface area (Å²) in [5.41, 5.74) is 1.07. The number of hydrogen-bond donors (Lipinski definition) is 2. The summed E-state index contributed by atoms with van der Waals surface area (Å²) in [6.07, 6.45) is 0. The number of nitro groups is 1. The fraction of sp³-hybridized carbons (Fsp3) is 0.462. The van der Waals surface area contributed by atoms with Crippen molar-refractivity contribution >= 4 is 17.3 Å². The third-order valence-electron chi connectivity index (χ3n) is 3.10. The Hall–Kier alpha value is -2.15. The minimum Gasteiger partial charge on any atom is -0.392 e. The molecular formula is C13H19N3O4. The maximum atomic E-state index is 11.5. The van der Waals surface area contributed by atoms with E-state index < -0.39 is 4.92 Å². The number of carbonyl (C=O) groups excluding carboxylic acids is 1. The van der Waals surface area contributed by atoms with Crippen LogP contribution in [0.25, 0.3) is 0 Å². The minimum absolute atomic E-state index is 0.0643. The van der Waals surface area contributed by atoms with Gasteiger partial charge in [-0.3, -0.25) is 14.9 Å². The Morgan fingerprint density at radius 2 is 2.20 bits per heavy atom. The summed E-state index contributed by atoms with van der Waals surface area (Å²) in [6.45, 7) is 1.94. The van der Waals surface area contributed by atoms with Gasteiger partial charge < -0.3 is 15.3 Å². The standard InChI is InChI=1S/C13H19N3O4/c1-9(13(18)14-2)7-15(3)12-5-4-11(16(19)20)6-10(12)8-17/h4-6,9,17H,7-8H2,1-3H3,(H,14,18). The van der Waals surface area contributed by atoms with E-state index in [1.54, 1.807) is 32.0 Å². The largest absolute Gasteiger partial charge is 0.392 e. The van der Waals surface area contributed by atoms with Gasteiger partial charge in [0.15, 0.2) is 0 Å². The van der Waals surface area contributed by atoms with Crippen molar-refractivity contribution in [1.82, 2.24) is 5.32 Å². The first-order valence-electron chi connectivity index (χ1n) is 6.21. The Bertz CT molecular complexity index is 504. The number of aliphatic hydroxyl groups is 1. The van der Waals surface area contributed by atoms with E-state index in [-0.39, 0.29) is 24.1 Å². The smallest absolute Gasteiger partial charge is 0.269 e. The summed E-state index contributed by atoms with van der Waals surface area (Å²) in [5, 5.41) is 22.6. The number of carbonyl (C=O) groups is 1. The molecule has 1 unspecified atom stereocenters. The zero-order valence-corrected chi connectivity index (χ0v) is 11.8. The minimum atomic E-state index is -0.504. The zero-order chi connectivity index (χ0) is 15.3. The Morgan fingerprint density at radius 1 is 1.55 bits per heavy atom. The van der Waals surface area contributed by atoms with Gasteiger partial charge in [-0.2, -0.15) is 0 Å². The highest BCUT2D eigenvalue weighted by Gasteiger charge is 2.17. The lowest BCUT2D eigenvalue weighted by atomic mass is 10.1. The molecule has 0 aliphatic rings. The molecule has 1 atom stereocenters. The average Bonchev–Trinajstić information content (AvgIpc) is 2.45. The van der Waals surface area contributed by atoms with Gasteiger partial charge in [0, 0.05) is 44.0 Å². The first-order chi connectivity index (χ1) is 9.40. The molecule has 0 fully saturated rings. The summed E-state index contributed by atoms with van der Waals surface area (Å²) in [5.74, 6) is -0.309. The van der Waals surface area contributed by atoms with Crippen LogP contribution < -0.4 is 10.2 Å². The monoisotopic (exact) mass is 281 g/mol. The van der Waals surface area contributed by atoms with Gasteiger partial charge in [0.1, 0.15) is 0 Å². The molecule has 0 radical (unpaired) electrons. The lowest BCUT2D eigenvalue weighted by Crippen LogP contribution is -2.34. The third-order valence-corrected chi connectivity index (χ3v) is 3.10. The van der Waals surface area contributed by atoms with Crippen LogP contribution in [0.3, 0.4) is 0 Å². The van der Waals surface area contributed by atoms with Gasteiger partial charge in [-0.15, -0.1) is 0 Å². The molecular weight excluding hydrogens is 262 g/mol. The van der Waals surface area contributed by atoms with E-state index in [0.717, 1.165) is 0 Å². The third kappa shape index (κ3) is 3.67. The van der Waals surface area contributed by atoms with Crippen molar-refractivity contribution in [3.8, 4) is 0 Å². The maximum Gasteiger partial charge on any atom is 0.269 e. The SMILES string of the molecule is CNC(=O)C(C)CN(C)c1ccc([N+](=O)[O-])cc1CO. The second-order valence-electron chi connectivity index (χ2n) is 4.62. The van der Waals surface area contributed by atoms with Crippen molar-refractivity contribution < 1.29 is 14.8 Å². The molecule has 0 aliphatic carbocycles. The molecule has 1 aromatic rings. The summed E-state index contributed by atoms with van der Waals surface area (Å²) in [6, 6.07) is 4.31. The highest BCUT2D eigenvalue weighted by Crippen LogP contribution is 2.25. The number of aliphatic hydroxyl groups excluding tert-OH is 1. The van der Waals surface area contributed by atoms with Gasteiger partial charge in [-0.25, -0.2) is 0 Å². The van der Waals surface area contributed by atoms with Crippen LogP contribution in [0.2, 0.25) is 0 Å². The van der Waals surface area contributed by atoms with Gasteiger partial charge in [0.25, 0.3) is 5.69 Å². The van der Waals surface area contributed by atoms with Crippen LogP contribution in [0.5, 0.6) is 0 Å². The molecule has 1 rings (SSSR count). The number of non-ortho nitro benzene ring substituents is 1. The number of nitro benzene ring substituents is 1. The Morgan fingerprint density at radius 3 is 2.70 bits per heavy atom. The summed E-state index contributed by atoms with van der Waals surface area (Å²) < 4.78 is 0. The quantitative estimate of drug-likeness (QED) is 0.596. The maximum absolute atomic E-state index is 11.5. The number of hydrogen-bond acceptors (Lipinski definition) is 5. The van der Waals surface area contributed by atoms with Crippen LogP contribution in [0, 0.1) is 16.0 Å². The summed E-state index contributed by atoms with van der Waals surface area (Å²) >= 11 is 0. The Kier molecular flexibility index (Phi) is 5.45. The second kappa shape index (κ2) is 6.85. The van der Waals surface area contributed by atoms with Crippen LogP contribution in [-0.4, -0.2) is 36.6 Å². The molecule has 20 heavy (non-hydrogen) atoms. The van der Waals surface area contributed by atoms with Gasteiger partial charge in [-0.05, 0) is 6.07 Å². The van der Waals surface area contributed by atoms with Gasteiger partial charge in [0.05, 0.1) is 17.4 Å². The molecule has 0 aromatic heterocycles. The van der Waals surface area contributed by atoms with E-state index in [1.165, 1.54) is 12.1 Å². The molecule has 0 spiro atoms. The Labute approximate surface area is 117 Å². The van der Waals surface area contributed by atoms with Crippen molar-refractivity contribution in [2.75, 3.05) is 25.5 Å². The topological polar surface area (TPSA) is 95.7 Å². The zero-order valence-electron chi connectivity index (χ0n) is 11.8. The van der Waals surface area contributed by atoms with Crippen molar-refractivity contribution in [1.29, 1.82) is 0 Å². The molecule has 0 bridgehead atoms. The van der Waals surface area contributed by atoms with E-state index in [4.69, 9.17) is 0 Å². The van der Waals surface area contributed by atoms with E-state index >= 15 is 0 Å². The van der Waals surface area contributed by atoms with Crippen LogP contribution in [0.15, 0.2) is 18.2 Å². The van der Waals surface area contributed by atoms with Gasteiger partial charge in [0.2, 0.25) is 5.91 Å². The molecule has 1 aromatic carbocycles. The van der Waals surface area contributed by atoms with Crippen LogP contribution >= 0.6 is 0 Å². The predicted octanol–water partition coefficient (Wildman–Crippen LogP) is 0.905. The molecule has 110 valence electrons. The van der Waals surface area contributed by atoms with Crippen LogP contribution in [0.1, 0.15) is 12.5 Å². The van der Waals surface area contributed by atoms with Gasteiger partial charge >= 0.3 is 0 Å². The first-order valence-corrected chi connectivity index (χ1v) is 6.21. The van der Waals surface area contributed by atoms with E-state index in [1.807, 2.05) is 0 Å². The molecule has 7 nitrogen and oxygen atoms in total. The number of benzene rings is 1. The molecule has 0 saturated heterocycles. The van der Waals surface area contributed by atoms with Crippen molar-refractivity contribution in [3.63, 3.8) is 0 Å². The molecule has 0 aliphatic heterocycles. The number of amides is 1. The molecule has 2 N–H and O–H groups in total. The van der Waals surface area contributed by atoms with E-state index in [2.05, 4.69) is 5.32 Å². The Balaban J connectivity index is 2.95. The van der Waals surface area contributed by atoms with Gasteiger partial charge in [-0.1, -0.05) is 6.92 Å². The van der Waals surface area contributed by atoms with Crippen molar-refractivity contribution in [2.24, 2.45) is 5.92 Å². The van der Waals surface area contributed by atoms with E-state index in [0.29, 0.717) is 17.8 Å². The number of rotatable bonds is 6. The number of nitrogens with zero attached hydrogens (tertiary/aromatic N) is 2. The average molecular weight is 281 g/mol. The highest BCUT2D eigenvalue weighted by molar-refractivity contribution is 5.78. The summed E-state index contributed by atoms with van der Waals surface area (Å²) in [7, 11) is 3.35. The highest BCUT2D eigenvalue weighted by atomic mass is 16.6. The summed E-state index contributed by atoms with van der Waals surface area (Å²) in [4.78, 5) is 23.5. The van der Waals surface area contributed by atoms with Crippen molar-refractivity contribution in [2.45, 2.75) is 13.5 Å². The second-order valence-corrected chi connectivity index (χ2v) is 4.62.